The van der Waals surface area contributed by atoms with E-state index in [9.17, 15) is 22.8 Å². The van der Waals surface area contributed by atoms with Gasteiger partial charge in [-0.1, -0.05) is 23.7 Å². The predicted octanol–water partition coefficient (Wildman–Crippen LogP) is 7.37. The van der Waals surface area contributed by atoms with Crippen molar-refractivity contribution in [2.75, 3.05) is 25.0 Å². The Balaban J connectivity index is 1.56. The molecule has 42 heavy (non-hydrogen) atoms. The lowest BCUT2D eigenvalue weighted by Gasteiger charge is -2.47. The minimum Gasteiger partial charge on any atom is -0.449 e. The Morgan fingerprint density at radius 2 is 1.71 bits per heavy atom. The van der Waals surface area contributed by atoms with Crippen LogP contribution >= 0.6 is 11.6 Å². The molecule has 1 aliphatic carbocycles. The van der Waals surface area contributed by atoms with E-state index in [-0.39, 0.29) is 21.8 Å². The number of aryl methyl sites for hydroxylation is 3. The Labute approximate surface area is 247 Å². The van der Waals surface area contributed by atoms with E-state index in [2.05, 4.69) is 9.88 Å². The first-order valence-electron chi connectivity index (χ1n) is 13.8. The highest BCUT2D eigenvalue weighted by Gasteiger charge is 2.51. The number of piperidine rings is 1. The summed E-state index contributed by atoms with van der Waals surface area (Å²) in [5.74, 6) is -0.370. The maximum atomic E-state index is 14.5. The van der Waals surface area contributed by atoms with Crippen molar-refractivity contribution in [3.63, 3.8) is 0 Å². The molecule has 5 rings (SSSR count). The fourth-order valence-corrected chi connectivity index (χ4v) is 6.99. The van der Waals surface area contributed by atoms with Gasteiger partial charge in [-0.15, -0.1) is 0 Å². The van der Waals surface area contributed by atoms with Crippen LogP contribution in [-0.4, -0.2) is 52.8 Å². The van der Waals surface area contributed by atoms with Gasteiger partial charge in [0.15, 0.2) is 0 Å². The quantitative estimate of drug-likeness (QED) is 0.187. The van der Waals surface area contributed by atoms with Gasteiger partial charge in [-0.05, 0) is 62.2 Å². The topological polar surface area (TPSA) is 79.7 Å². The maximum Gasteiger partial charge on any atom is 0.511 e. The van der Waals surface area contributed by atoms with Gasteiger partial charge in [0.05, 0.1) is 29.2 Å². The second-order valence-corrected chi connectivity index (χ2v) is 11.6. The molecule has 2 heterocycles. The monoisotopic (exact) mass is 602 g/mol. The summed E-state index contributed by atoms with van der Waals surface area (Å²) in [6.07, 6.45) is -3.76. The highest BCUT2D eigenvalue weighted by molar-refractivity contribution is 6.34. The number of hydrogen-bond acceptors (Lipinski definition) is 5. The number of halogens is 4. The molecule has 2 atom stereocenters. The van der Waals surface area contributed by atoms with Gasteiger partial charge in [0, 0.05) is 55.0 Å². The smallest absolute Gasteiger partial charge is 0.449 e. The van der Waals surface area contributed by atoms with Crippen molar-refractivity contribution in [3.05, 3.63) is 87.2 Å². The van der Waals surface area contributed by atoms with Crippen molar-refractivity contribution in [1.29, 1.82) is 0 Å². The molecule has 0 radical (unpaired) electrons. The van der Waals surface area contributed by atoms with Crippen LogP contribution in [0.2, 0.25) is 5.02 Å². The normalized spacial score (nSPS) is 18.8. The highest BCUT2D eigenvalue weighted by atomic mass is 35.5. The number of hydrogen-bond donors (Lipinski definition) is 1. The Bertz CT molecular complexity index is 1520. The molecule has 1 aliphatic heterocycles. The van der Waals surface area contributed by atoms with Crippen molar-refractivity contribution in [3.8, 4) is 5.75 Å². The summed E-state index contributed by atoms with van der Waals surface area (Å²) in [6.45, 7) is 5.17. The number of benzene rings is 2. The summed E-state index contributed by atoms with van der Waals surface area (Å²) in [7, 11) is 1.78. The maximum absolute atomic E-state index is 14.5. The van der Waals surface area contributed by atoms with Crippen molar-refractivity contribution in [2.45, 2.75) is 57.8 Å². The van der Waals surface area contributed by atoms with Crippen LogP contribution in [0.4, 0.5) is 23.7 Å². The number of amides is 1. The number of carbonyl (C=O) groups is 2. The molecular formula is C31H32ClF3N3O4+. The minimum absolute atomic E-state index is 0.127. The van der Waals surface area contributed by atoms with Crippen molar-refractivity contribution in [1.82, 2.24) is 4.98 Å². The summed E-state index contributed by atoms with van der Waals surface area (Å²) in [5.41, 5.74) is 3.34. The number of anilines is 1. The van der Waals surface area contributed by atoms with Gasteiger partial charge >= 0.3 is 18.2 Å². The molecule has 0 spiro atoms. The van der Waals surface area contributed by atoms with Gasteiger partial charge in [0.1, 0.15) is 11.8 Å². The average Bonchev–Trinajstić information content (AvgIpc) is 3.35. The average molecular weight is 603 g/mol. The predicted molar refractivity (Wildman–Crippen MR) is 152 cm³/mol. The van der Waals surface area contributed by atoms with Crippen molar-refractivity contribution in [2.24, 2.45) is 0 Å². The third-order valence-corrected chi connectivity index (χ3v) is 9.05. The number of rotatable bonds is 5. The Kier molecular flexibility index (Phi) is 7.98. The molecule has 1 saturated heterocycles. The summed E-state index contributed by atoms with van der Waals surface area (Å²) < 4.78 is 46.1. The van der Waals surface area contributed by atoms with Crippen LogP contribution < -0.4 is 9.64 Å². The summed E-state index contributed by atoms with van der Waals surface area (Å²) in [5, 5.41) is 8.55. The van der Waals surface area contributed by atoms with Crippen LogP contribution in [0.3, 0.4) is 0 Å². The number of carbonyl (C=O) groups excluding carboxylic acids is 1. The lowest BCUT2D eigenvalue weighted by Crippen LogP contribution is -2.60. The SMILES string of the molecule is Cc1cc(N2CCC([N+](C)(C(=O)c3cccc(C(F)(F)F)c3Cl)C3CCc4ccc(OC(=O)O)cc43)CC2)cc(C)n1. The number of carboxylic acid groups (broad SMARTS) is 1. The van der Waals surface area contributed by atoms with E-state index in [1.54, 1.807) is 25.2 Å². The summed E-state index contributed by atoms with van der Waals surface area (Å²) in [4.78, 5) is 32.5. The number of nitrogens with zero attached hydrogens (tertiary/aromatic N) is 3. The fourth-order valence-electron chi connectivity index (χ4n) is 6.67. The van der Waals surface area contributed by atoms with E-state index in [1.807, 2.05) is 26.0 Å². The molecule has 0 bridgehead atoms. The molecule has 11 heteroatoms. The number of pyridine rings is 1. The van der Waals surface area contributed by atoms with Gasteiger partial charge in [0.25, 0.3) is 0 Å². The first-order valence-corrected chi connectivity index (χ1v) is 14.2. The largest absolute Gasteiger partial charge is 0.511 e. The second-order valence-electron chi connectivity index (χ2n) is 11.2. The summed E-state index contributed by atoms with van der Waals surface area (Å²) >= 11 is 6.31. The van der Waals surface area contributed by atoms with Crippen LogP contribution in [0.5, 0.6) is 5.75 Å². The van der Waals surface area contributed by atoms with Crippen LogP contribution in [0.1, 0.15) is 63.7 Å². The van der Waals surface area contributed by atoms with Crippen molar-refractivity contribution >= 4 is 29.4 Å². The number of alkyl halides is 3. The molecule has 1 aromatic heterocycles. The first kappa shape index (κ1) is 29.8. The molecule has 7 nitrogen and oxygen atoms in total. The molecular weight excluding hydrogens is 571 g/mol. The fraction of sp³-hybridized carbons (Fsp3) is 0.387. The number of aromatic nitrogens is 1. The lowest BCUT2D eigenvalue weighted by molar-refractivity contribution is -0.887. The Morgan fingerprint density at radius 3 is 2.33 bits per heavy atom. The van der Waals surface area contributed by atoms with Gasteiger partial charge in [-0.2, -0.15) is 13.2 Å². The zero-order valence-electron chi connectivity index (χ0n) is 23.5. The van der Waals surface area contributed by atoms with Crippen LogP contribution in [0, 0.1) is 13.8 Å². The third-order valence-electron chi connectivity index (χ3n) is 8.64. The molecule has 1 fully saturated rings. The van der Waals surface area contributed by atoms with Gasteiger partial charge < -0.3 is 14.7 Å². The van der Waals surface area contributed by atoms with E-state index < -0.39 is 34.9 Å². The molecule has 222 valence electrons. The number of ether oxygens (including phenoxy) is 1. The van der Waals surface area contributed by atoms with Gasteiger partial charge in [-0.3, -0.25) is 4.98 Å². The second kappa shape index (κ2) is 11.2. The van der Waals surface area contributed by atoms with Crippen LogP contribution in [0.25, 0.3) is 0 Å². The van der Waals surface area contributed by atoms with Crippen LogP contribution in [-0.2, 0) is 12.6 Å². The minimum atomic E-state index is -4.72. The standard InChI is InChI=1S/C31H31ClF3N3O4/c1-18-15-21(16-19(2)36-18)37-13-11-22(12-14-37)38(3,29(39)24-5-4-6-26(28(24)32)31(33,34)35)27-10-8-20-7-9-23(17-25(20)27)42-30(40)41/h4-7,9,15-17,22,27H,8,10-14H2,1-3H3/p+1. The number of quaternary nitrogens is 1. The Hall–Kier alpha value is -3.63. The summed E-state index contributed by atoms with van der Waals surface area (Å²) in [6, 6.07) is 11.8. The molecule has 1 N–H and O–H groups in total. The number of fused-ring (bicyclic) bond motifs is 1. The highest BCUT2D eigenvalue weighted by Crippen LogP contribution is 2.47. The molecule has 3 aromatic rings. The molecule has 1 amide bonds. The van der Waals surface area contributed by atoms with Gasteiger partial charge in [0.2, 0.25) is 0 Å². The Morgan fingerprint density at radius 1 is 1.05 bits per heavy atom. The zero-order chi connectivity index (χ0) is 30.4. The van der Waals surface area contributed by atoms with Gasteiger partial charge in [-0.25, -0.2) is 14.1 Å². The van der Waals surface area contributed by atoms with E-state index in [0.29, 0.717) is 38.8 Å². The molecule has 2 aromatic carbocycles. The third kappa shape index (κ3) is 5.57. The van der Waals surface area contributed by atoms with E-state index >= 15 is 0 Å². The van der Waals surface area contributed by atoms with Crippen molar-refractivity contribution < 1.29 is 37.1 Å². The zero-order valence-corrected chi connectivity index (χ0v) is 24.3. The lowest BCUT2D eigenvalue weighted by atomic mass is 9.92. The van der Waals surface area contributed by atoms with E-state index in [0.717, 1.165) is 34.3 Å². The van der Waals surface area contributed by atoms with E-state index in [4.69, 9.17) is 21.4 Å². The molecule has 0 saturated carbocycles. The molecule has 2 aliphatic rings. The first-order chi connectivity index (χ1) is 19.8. The molecule has 2 unspecified atom stereocenters. The van der Waals surface area contributed by atoms with Crippen LogP contribution in [0.15, 0.2) is 48.5 Å². The van der Waals surface area contributed by atoms with E-state index in [1.165, 1.54) is 12.1 Å².